The zero-order chi connectivity index (χ0) is 23.5. The number of hydrogen-bond donors (Lipinski definition) is 1. The van der Waals surface area contributed by atoms with Gasteiger partial charge in [0.25, 0.3) is 0 Å². The molecular weight excluding hydrogens is 392 g/mol. The standard InChI is InChI=1S/C27H30N4.CH4/c1-16(2)20-7-6-17(3)25(13-20)31-11-9-23-22(15-31)18(4)12-24(30-23)26-19(5)14-29-27-21(26)8-10-28-27;/h6-8,10,12-14,16H,9,11,15H2,1-5H3,(H,28,29);1H4/i15D2;. The summed E-state index contributed by atoms with van der Waals surface area (Å²) in [7, 11) is 0. The van der Waals surface area contributed by atoms with Gasteiger partial charge in [0.1, 0.15) is 5.65 Å². The molecule has 4 heterocycles. The van der Waals surface area contributed by atoms with Crippen molar-refractivity contribution in [1.82, 2.24) is 15.0 Å². The normalized spacial score (nSPS) is 15.9. The average molecular weight is 429 g/mol. The van der Waals surface area contributed by atoms with Gasteiger partial charge in [-0.1, -0.05) is 33.4 Å². The fraction of sp³-hybridized carbons (Fsp3) is 0.357. The summed E-state index contributed by atoms with van der Waals surface area (Å²) in [6.07, 6.45) is 4.47. The van der Waals surface area contributed by atoms with Crippen molar-refractivity contribution in [1.29, 1.82) is 0 Å². The Kier molecular flexibility index (Phi) is 5.14. The lowest BCUT2D eigenvalue weighted by atomic mass is 9.95. The Bertz CT molecular complexity index is 1370. The van der Waals surface area contributed by atoms with Crippen molar-refractivity contribution in [2.24, 2.45) is 0 Å². The fourth-order valence-electron chi connectivity index (χ4n) is 4.51. The largest absolute Gasteiger partial charge is 0.367 e. The highest BCUT2D eigenvalue weighted by molar-refractivity contribution is 5.93. The summed E-state index contributed by atoms with van der Waals surface area (Å²) in [5, 5.41) is 1.04. The van der Waals surface area contributed by atoms with Gasteiger partial charge in [-0.15, -0.1) is 0 Å². The molecular formula is C28H34N4. The zero-order valence-electron chi connectivity index (χ0n) is 20.9. The first-order valence-corrected chi connectivity index (χ1v) is 11.0. The van der Waals surface area contributed by atoms with E-state index in [9.17, 15) is 2.74 Å². The molecule has 0 unspecified atom stereocenters. The van der Waals surface area contributed by atoms with Crippen molar-refractivity contribution in [2.45, 2.75) is 60.9 Å². The third-order valence-corrected chi connectivity index (χ3v) is 6.33. The second kappa shape index (κ2) is 8.42. The number of pyridine rings is 2. The first-order chi connectivity index (χ1) is 15.7. The molecule has 4 aromatic rings. The van der Waals surface area contributed by atoms with Crippen LogP contribution < -0.4 is 4.90 Å². The maximum Gasteiger partial charge on any atom is 0.137 e. The number of rotatable bonds is 3. The van der Waals surface area contributed by atoms with Crippen LogP contribution in [0.4, 0.5) is 5.69 Å². The zero-order valence-corrected chi connectivity index (χ0v) is 18.9. The summed E-state index contributed by atoms with van der Waals surface area (Å²) < 4.78 is 18.4. The fourth-order valence-corrected chi connectivity index (χ4v) is 4.51. The molecule has 0 saturated carbocycles. The molecule has 1 aliphatic heterocycles. The maximum atomic E-state index is 9.18. The summed E-state index contributed by atoms with van der Waals surface area (Å²) in [6, 6.07) is 10.5. The molecule has 1 aromatic carbocycles. The molecule has 3 aromatic heterocycles. The highest BCUT2D eigenvalue weighted by Crippen LogP contribution is 2.34. The number of aryl methyl sites for hydroxylation is 3. The van der Waals surface area contributed by atoms with Crippen molar-refractivity contribution in [3.8, 4) is 11.3 Å². The van der Waals surface area contributed by atoms with E-state index in [1.807, 2.05) is 36.4 Å². The summed E-state index contributed by atoms with van der Waals surface area (Å²) in [5.74, 6) is 0.395. The molecule has 0 aliphatic carbocycles. The van der Waals surface area contributed by atoms with Gasteiger partial charge in [0, 0.05) is 54.2 Å². The van der Waals surface area contributed by atoms with Crippen molar-refractivity contribution >= 4 is 16.7 Å². The molecule has 4 heteroatoms. The summed E-state index contributed by atoms with van der Waals surface area (Å²) >= 11 is 0. The second-order valence-electron chi connectivity index (χ2n) is 8.92. The number of anilines is 1. The minimum absolute atomic E-state index is 0. The predicted molar refractivity (Wildman–Crippen MR) is 136 cm³/mol. The number of fused-ring (bicyclic) bond motifs is 2. The monoisotopic (exact) mass is 428 g/mol. The van der Waals surface area contributed by atoms with Crippen molar-refractivity contribution in [3.05, 3.63) is 76.2 Å². The van der Waals surface area contributed by atoms with Crippen LogP contribution in [0.5, 0.6) is 0 Å². The smallest absolute Gasteiger partial charge is 0.137 e. The van der Waals surface area contributed by atoms with Gasteiger partial charge in [-0.2, -0.15) is 0 Å². The Morgan fingerprint density at radius 3 is 2.66 bits per heavy atom. The van der Waals surface area contributed by atoms with Gasteiger partial charge in [0.05, 0.1) is 8.44 Å². The van der Waals surface area contributed by atoms with Crippen LogP contribution >= 0.6 is 0 Å². The van der Waals surface area contributed by atoms with Crippen LogP contribution in [0, 0.1) is 20.8 Å². The van der Waals surface area contributed by atoms with Crippen molar-refractivity contribution in [2.75, 3.05) is 11.4 Å². The highest BCUT2D eigenvalue weighted by Gasteiger charge is 2.23. The number of aromatic amines is 1. The Hall–Kier alpha value is -3.14. The number of benzene rings is 1. The molecule has 4 nitrogen and oxygen atoms in total. The third kappa shape index (κ3) is 3.68. The van der Waals surface area contributed by atoms with Crippen molar-refractivity contribution < 1.29 is 2.74 Å². The Labute approximate surface area is 194 Å². The van der Waals surface area contributed by atoms with Crippen LogP contribution in [0.2, 0.25) is 0 Å². The number of aromatic nitrogens is 3. The maximum absolute atomic E-state index is 9.18. The minimum atomic E-state index is -1.64. The van der Waals surface area contributed by atoms with E-state index in [1.54, 1.807) is 0 Å². The molecule has 0 saturated heterocycles. The molecule has 0 amide bonds. The molecule has 0 bridgehead atoms. The van der Waals surface area contributed by atoms with Crippen LogP contribution in [0.3, 0.4) is 0 Å². The van der Waals surface area contributed by atoms with E-state index >= 15 is 0 Å². The van der Waals surface area contributed by atoms with Crippen LogP contribution in [0.25, 0.3) is 22.3 Å². The molecule has 0 fully saturated rings. The number of H-pyrrole nitrogens is 1. The van der Waals surface area contributed by atoms with E-state index in [0.717, 1.165) is 50.4 Å². The summed E-state index contributed by atoms with van der Waals surface area (Å²) in [5.41, 5.74) is 9.63. The van der Waals surface area contributed by atoms with Crippen LogP contribution in [0.1, 0.15) is 63.4 Å². The van der Waals surface area contributed by atoms with Gasteiger partial charge in [-0.25, -0.2) is 4.98 Å². The minimum Gasteiger partial charge on any atom is -0.367 e. The van der Waals surface area contributed by atoms with Gasteiger partial charge in [-0.05, 0) is 72.7 Å². The van der Waals surface area contributed by atoms with E-state index in [0.29, 0.717) is 24.4 Å². The van der Waals surface area contributed by atoms with Gasteiger partial charge in [-0.3, -0.25) is 4.98 Å². The first kappa shape index (κ1) is 19.5. The molecule has 32 heavy (non-hydrogen) atoms. The lowest BCUT2D eigenvalue weighted by Gasteiger charge is -2.33. The lowest BCUT2D eigenvalue weighted by Crippen LogP contribution is -2.32. The number of nitrogens with one attached hydrogen (secondary N) is 1. The Morgan fingerprint density at radius 2 is 1.88 bits per heavy atom. The van der Waals surface area contributed by atoms with Gasteiger partial charge in [0.15, 0.2) is 0 Å². The van der Waals surface area contributed by atoms with E-state index < -0.39 is 6.50 Å². The molecule has 166 valence electrons. The molecule has 0 spiro atoms. The molecule has 5 rings (SSSR count). The van der Waals surface area contributed by atoms with Crippen molar-refractivity contribution in [3.63, 3.8) is 0 Å². The van der Waals surface area contributed by atoms with E-state index in [2.05, 4.69) is 55.9 Å². The molecule has 1 aliphatic rings. The first-order valence-electron chi connectivity index (χ1n) is 12.0. The van der Waals surface area contributed by atoms with E-state index in [1.165, 1.54) is 5.56 Å². The topological polar surface area (TPSA) is 44.8 Å². The van der Waals surface area contributed by atoms with Gasteiger partial charge < -0.3 is 9.88 Å². The van der Waals surface area contributed by atoms with Crippen LogP contribution in [-0.4, -0.2) is 21.5 Å². The predicted octanol–water partition coefficient (Wildman–Crippen LogP) is 6.87. The van der Waals surface area contributed by atoms with E-state index in [4.69, 9.17) is 4.98 Å². The molecule has 0 atom stereocenters. The van der Waals surface area contributed by atoms with E-state index in [-0.39, 0.29) is 7.43 Å². The summed E-state index contributed by atoms with van der Waals surface area (Å²) in [6.45, 7) is 9.42. The Morgan fingerprint density at radius 1 is 1.06 bits per heavy atom. The van der Waals surface area contributed by atoms with Crippen LogP contribution in [-0.2, 0) is 12.9 Å². The van der Waals surface area contributed by atoms with Gasteiger partial charge in [0.2, 0.25) is 0 Å². The average Bonchev–Trinajstić information content (AvgIpc) is 3.22. The lowest BCUT2D eigenvalue weighted by molar-refractivity contribution is 0.705. The van der Waals surface area contributed by atoms with Gasteiger partial charge >= 0.3 is 0 Å². The SMILES string of the molecule is C.[2H]C1([2H])c2c(C)cc(-c3c(C)cnc4[nH]ccc34)nc2CCN1c1cc(C(C)C)ccc1C. The van der Waals surface area contributed by atoms with Crippen LogP contribution in [0.15, 0.2) is 42.7 Å². The second-order valence-corrected chi connectivity index (χ2v) is 8.92. The molecule has 0 radical (unpaired) electrons. The number of hydrogen-bond acceptors (Lipinski definition) is 3. The highest BCUT2D eigenvalue weighted by atomic mass is 15.1. The number of nitrogens with zero attached hydrogens (tertiary/aromatic N) is 3. The Balaban J connectivity index is 0.00000274. The summed E-state index contributed by atoms with van der Waals surface area (Å²) in [4.78, 5) is 14.6. The third-order valence-electron chi connectivity index (χ3n) is 6.33. The quantitative estimate of drug-likeness (QED) is 0.387. The molecule has 1 N–H and O–H groups in total.